The van der Waals surface area contributed by atoms with Crippen molar-refractivity contribution >= 4 is 21.9 Å². The number of aliphatic carboxylic acids is 1. The second-order valence-electron chi connectivity index (χ2n) is 5.01. The number of carboxylic acid groups (broad SMARTS) is 1. The summed E-state index contributed by atoms with van der Waals surface area (Å²) >= 11 is 3.56. The maximum Gasteiger partial charge on any atom is 0.303 e. The van der Waals surface area contributed by atoms with E-state index in [2.05, 4.69) is 22.0 Å². The van der Waals surface area contributed by atoms with E-state index in [-0.39, 0.29) is 6.42 Å². The average Bonchev–Trinajstić information content (AvgIpc) is 2.91. The highest BCUT2D eigenvalue weighted by Crippen LogP contribution is 2.46. The van der Waals surface area contributed by atoms with Crippen LogP contribution in [-0.4, -0.2) is 17.7 Å². The van der Waals surface area contributed by atoms with Gasteiger partial charge in [0.05, 0.1) is 11.1 Å². The van der Waals surface area contributed by atoms with Gasteiger partial charge in [0, 0.05) is 18.4 Å². The van der Waals surface area contributed by atoms with Crippen LogP contribution >= 0.6 is 15.9 Å². The molecule has 0 spiro atoms. The molecule has 1 heterocycles. The van der Waals surface area contributed by atoms with Crippen LogP contribution in [0.25, 0.3) is 0 Å². The van der Waals surface area contributed by atoms with Gasteiger partial charge in [-0.2, -0.15) is 0 Å². The number of hydrogen-bond donors (Lipinski definition) is 1. The average molecular weight is 311 g/mol. The Bertz CT molecular complexity index is 510. The fourth-order valence-electron chi connectivity index (χ4n) is 3.19. The molecule has 4 heteroatoms. The molecule has 0 saturated carbocycles. The molecule has 2 aliphatic rings. The largest absolute Gasteiger partial charge is 0.492 e. The molecule has 96 valence electrons. The SMILES string of the molecule is O=C(O)CCC1CCc2cc(Br)c3c(c21)CCO3. The molecular formula is C14H15BrO3. The van der Waals surface area contributed by atoms with Crippen molar-refractivity contribution in [3.8, 4) is 5.75 Å². The molecule has 0 fully saturated rings. The van der Waals surface area contributed by atoms with Gasteiger partial charge in [-0.15, -0.1) is 0 Å². The summed E-state index contributed by atoms with van der Waals surface area (Å²) < 4.78 is 6.71. The molecule has 1 unspecified atom stereocenters. The van der Waals surface area contributed by atoms with Crippen molar-refractivity contribution in [2.75, 3.05) is 6.61 Å². The fourth-order valence-corrected chi connectivity index (χ4v) is 3.82. The Balaban J connectivity index is 1.95. The lowest BCUT2D eigenvalue weighted by molar-refractivity contribution is -0.137. The number of benzene rings is 1. The van der Waals surface area contributed by atoms with Gasteiger partial charge in [0.25, 0.3) is 0 Å². The maximum absolute atomic E-state index is 10.7. The van der Waals surface area contributed by atoms with E-state index < -0.39 is 5.97 Å². The molecule has 1 atom stereocenters. The molecular weight excluding hydrogens is 296 g/mol. The summed E-state index contributed by atoms with van der Waals surface area (Å²) in [5.41, 5.74) is 4.07. The summed E-state index contributed by atoms with van der Waals surface area (Å²) in [5.74, 6) is 0.684. The quantitative estimate of drug-likeness (QED) is 0.932. The van der Waals surface area contributed by atoms with E-state index in [1.165, 1.54) is 16.7 Å². The van der Waals surface area contributed by atoms with Crippen LogP contribution in [0.15, 0.2) is 10.5 Å². The Labute approximate surface area is 114 Å². The van der Waals surface area contributed by atoms with Crippen LogP contribution in [-0.2, 0) is 17.6 Å². The molecule has 1 aliphatic heterocycles. The van der Waals surface area contributed by atoms with Gasteiger partial charge < -0.3 is 9.84 Å². The zero-order chi connectivity index (χ0) is 12.7. The Morgan fingerprint density at radius 2 is 2.33 bits per heavy atom. The second-order valence-corrected chi connectivity index (χ2v) is 5.86. The van der Waals surface area contributed by atoms with Gasteiger partial charge in [-0.1, -0.05) is 0 Å². The van der Waals surface area contributed by atoms with Crippen molar-refractivity contribution in [1.82, 2.24) is 0 Å². The van der Waals surface area contributed by atoms with Gasteiger partial charge in [0.1, 0.15) is 5.75 Å². The molecule has 18 heavy (non-hydrogen) atoms. The number of hydrogen-bond acceptors (Lipinski definition) is 2. The van der Waals surface area contributed by atoms with Gasteiger partial charge in [-0.25, -0.2) is 0 Å². The van der Waals surface area contributed by atoms with Crippen LogP contribution in [0.2, 0.25) is 0 Å². The molecule has 0 aromatic heterocycles. The van der Waals surface area contributed by atoms with E-state index in [0.29, 0.717) is 5.92 Å². The molecule has 1 N–H and O–H groups in total. The first-order valence-corrected chi connectivity index (χ1v) is 7.15. The predicted octanol–water partition coefficient (Wildman–Crippen LogP) is 3.28. The Morgan fingerprint density at radius 1 is 1.50 bits per heavy atom. The highest BCUT2D eigenvalue weighted by molar-refractivity contribution is 9.10. The van der Waals surface area contributed by atoms with E-state index in [1.54, 1.807) is 0 Å². The van der Waals surface area contributed by atoms with Crippen LogP contribution in [0.5, 0.6) is 5.75 Å². The second kappa shape index (κ2) is 4.57. The lowest BCUT2D eigenvalue weighted by Gasteiger charge is -2.14. The van der Waals surface area contributed by atoms with Gasteiger partial charge >= 0.3 is 5.97 Å². The summed E-state index contributed by atoms with van der Waals surface area (Å²) in [6, 6.07) is 2.15. The summed E-state index contributed by atoms with van der Waals surface area (Å²) in [5, 5.41) is 8.83. The third-order valence-corrected chi connectivity index (χ3v) is 4.53. The minimum absolute atomic E-state index is 0.260. The van der Waals surface area contributed by atoms with Crippen molar-refractivity contribution in [3.63, 3.8) is 0 Å². The molecule has 1 aromatic carbocycles. The van der Waals surface area contributed by atoms with Crippen LogP contribution in [0, 0.1) is 0 Å². The summed E-state index contributed by atoms with van der Waals surface area (Å²) in [6.07, 6.45) is 4.10. The standard InChI is InChI=1S/C14H15BrO3/c15-11-7-9-2-1-8(3-4-12(16)17)13(9)10-5-6-18-14(10)11/h7-8H,1-6H2,(H,16,17). The van der Waals surface area contributed by atoms with Crippen molar-refractivity contribution in [1.29, 1.82) is 0 Å². The highest BCUT2D eigenvalue weighted by atomic mass is 79.9. The highest BCUT2D eigenvalue weighted by Gasteiger charge is 2.31. The molecule has 1 aliphatic carbocycles. The van der Waals surface area contributed by atoms with Crippen LogP contribution < -0.4 is 4.74 Å². The number of rotatable bonds is 3. The molecule has 3 nitrogen and oxygen atoms in total. The molecule has 1 aromatic rings. The fraction of sp³-hybridized carbons (Fsp3) is 0.500. The molecule has 0 bridgehead atoms. The number of fused-ring (bicyclic) bond motifs is 3. The molecule has 3 rings (SSSR count). The predicted molar refractivity (Wildman–Crippen MR) is 71.3 cm³/mol. The van der Waals surface area contributed by atoms with Gasteiger partial charge in [0.2, 0.25) is 0 Å². The third-order valence-electron chi connectivity index (χ3n) is 3.94. The molecule has 0 saturated heterocycles. The van der Waals surface area contributed by atoms with Crippen molar-refractivity contribution in [3.05, 3.63) is 27.2 Å². The van der Waals surface area contributed by atoms with Gasteiger partial charge in [0.15, 0.2) is 0 Å². The monoisotopic (exact) mass is 310 g/mol. The first-order chi connectivity index (χ1) is 8.66. The van der Waals surface area contributed by atoms with Crippen molar-refractivity contribution in [2.24, 2.45) is 0 Å². The summed E-state index contributed by atoms with van der Waals surface area (Å²) in [6.45, 7) is 0.746. The van der Waals surface area contributed by atoms with E-state index >= 15 is 0 Å². The van der Waals surface area contributed by atoms with Gasteiger partial charge in [-0.05, 0) is 58.3 Å². The van der Waals surface area contributed by atoms with E-state index in [0.717, 1.165) is 42.5 Å². The van der Waals surface area contributed by atoms with Crippen LogP contribution in [0.4, 0.5) is 0 Å². The van der Waals surface area contributed by atoms with E-state index in [1.807, 2.05) is 0 Å². The van der Waals surface area contributed by atoms with E-state index in [9.17, 15) is 4.79 Å². The molecule has 0 radical (unpaired) electrons. The lowest BCUT2D eigenvalue weighted by atomic mass is 9.91. The van der Waals surface area contributed by atoms with Crippen molar-refractivity contribution < 1.29 is 14.6 Å². The summed E-state index contributed by atoms with van der Waals surface area (Å²) in [4.78, 5) is 10.7. The Kier molecular flexibility index (Phi) is 3.06. The number of ether oxygens (including phenoxy) is 1. The van der Waals surface area contributed by atoms with Crippen LogP contribution in [0.1, 0.15) is 41.9 Å². The maximum atomic E-state index is 10.7. The number of aryl methyl sites for hydroxylation is 1. The van der Waals surface area contributed by atoms with Gasteiger partial charge in [-0.3, -0.25) is 4.79 Å². The normalized spacial score (nSPS) is 20.4. The lowest BCUT2D eigenvalue weighted by Crippen LogP contribution is -2.02. The first-order valence-electron chi connectivity index (χ1n) is 6.35. The summed E-state index contributed by atoms with van der Waals surface area (Å²) in [7, 11) is 0. The van der Waals surface area contributed by atoms with E-state index in [4.69, 9.17) is 9.84 Å². The zero-order valence-electron chi connectivity index (χ0n) is 10.0. The minimum atomic E-state index is -0.701. The van der Waals surface area contributed by atoms with Crippen LogP contribution in [0.3, 0.4) is 0 Å². The number of halogens is 1. The third kappa shape index (κ3) is 1.92. The smallest absolute Gasteiger partial charge is 0.303 e. The number of carboxylic acids is 1. The first kappa shape index (κ1) is 12.0. The minimum Gasteiger partial charge on any atom is -0.492 e. The molecule has 0 amide bonds. The Hall–Kier alpha value is -1.03. The topological polar surface area (TPSA) is 46.5 Å². The Morgan fingerprint density at radius 3 is 3.11 bits per heavy atom. The zero-order valence-corrected chi connectivity index (χ0v) is 11.6. The van der Waals surface area contributed by atoms with Crippen molar-refractivity contribution in [2.45, 2.75) is 38.0 Å². The number of carbonyl (C=O) groups is 1.